The van der Waals surface area contributed by atoms with Crippen LogP contribution in [-0.2, 0) is 38.2 Å². The number of rotatable bonds is 34. The maximum Gasteiger partial charge on any atom is 0.408 e. The SMILES string of the molecule is COc1ccc(NC(C)=O)cc1C(=O)NNC(=O)[C@H](CCCCNC(=O)CCCOc1ccc2cc(NCC(O)CO)c(OCCCC(=O)NCCCC[C@H](NC(=O)OC(C)(C)C)C(=O)NNC(=O)c3cc(NC(C)=O)ccc3OC)cc2c1)NC(=O)OC(C)(C)C. The van der Waals surface area contributed by atoms with E-state index in [0.717, 1.165) is 10.8 Å². The van der Waals surface area contributed by atoms with Crippen LogP contribution in [0.25, 0.3) is 10.8 Å². The third kappa shape index (κ3) is 28.0. The van der Waals surface area contributed by atoms with Gasteiger partial charge < -0.3 is 75.9 Å². The predicted octanol–water partition coefficient (Wildman–Crippen LogP) is 5.14. The van der Waals surface area contributed by atoms with Gasteiger partial charge in [0.2, 0.25) is 23.6 Å². The zero-order valence-corrected chi connectivity index (χ0v) is 53.8. The molecule has 10 amide bonds. The van der Waals surface area contributed by atoms with Crippen molar-refractivity contribution in [2.45, 2.75) is 149 Å². The van der Waals surface area contributed by atoms with Gasteiger partial charge in [-0.05, 0) is 164 Å². The number of nitrogens with one attached hydrogen (secondary N) is 11. The van der Waals surface area contributed by atoms with Gasteiger partial charge in [-0.15, -0.1) is 0 Å². The quantitative estimate of drug-likeness (QED) is 0.0213. The van der Waals surface area contributed by atoms with Crippen LogP contribution < -0.4 is 77.9 Å². The number of unbranched alkanes of at least 4 members (excludes halogenated alkanes) is 2. The summed E-state index contributed by atoms with van der Waals surface area (Å²) in [4.78, 5) is 127. The van der Waals surface area contributed by atoms with Gasteiger partial charge in [0.05, 0.1) is 57.0 Å². The lowest BCUT2D eigenvalue weighted by molar-refractivity contribution is -0.124. The molecule has 0 aromatic heterocycles. The Labute approximate surface area is 534 Å². The largest absolute Gasteiger partial charge is 0.496 e. The van der Waals surface area contributed by atoms with Crippen molar-refractivity contribution in [2.24, 2.45) is 0 Å². The fourth-order valence-corrected chi connectivity index (χ4v) is 8.63. The highest BCUT2D eigenvalue weighted by Gasteiger charge is 2.28. The van der Waals surface area contributed by atoms with Crippen LogP contribution in [0.3, 0.4) is 0 Å². The molecule has 0 saturated heterocycles. The number of carbonyl (C=O) groups excluding carboxylic acids is 10. The monoisotopic (exact) mass is 1290 g/mol. The summed E-state index contributed by atoms with van der Waals surface area (Å²) in [6, 6.07) is 15.5. The molecule has 0 spiro atoms. The van der Waals surface area contributed by atoms with Gasteiger partial charge in [0, 0.05) is 57.7 Å². The lowest BCUT2D eigenvalue weighted by Gasteiger charge is -2.23. The molecule has 0 saturated carbocycles. The zero-order valence-electron chi connectivity index (χ0n) is 53.8. The second-order valence-electron chi connectivity index (χ2n) is 23.1. The Balaban J connectivity index is 1.23. The first kappa shape index (κ1) is 74.8. The van der Waals surface area contributed by atoms with Gasteiger partial charge in [0.1, 0.15) is 46.3 Å². The van der Waals surface area contributed by atoms with E-state index >= 15 is 0 Å². The van der Waals surface area contributed by atoms with Crippen LogP contribution in [0, 0.1) is 0 Å². The molecule has 13 N–H and O–H groups in total. The molecule has 0 heterocycles. The Morgan fingerprint density at radius 3 is 1.42 bits per heavy atom. The van der Waals surface area contributed by atoms with Gasteiger partial charge in [-0.1, -0.05) is 6.07 Å². The first-order chi connectivity index (χ1) is 43.6. The summed E-state index contributed by atoms with van der Waals surface area (Å²) in [5.74, 6) is -2.88. The maximum atomic E-state index is 13.3. The van der Waals surface area contributed by atoms with Gasteiger partial charge in [-0.2, -0.15) is 0 Å². The molecular formula is C63H89N11O18. The molecule has 1 unspecified atom stereocenters. The Bertz CT molecular complexity index is 3190. The standard InChI is InChI=1S/C63H89N11O18/c1-38(76)67-42-22-25-51(87-9)46(34-42)56(81)71-73-58(83)48(69-60(85)91-62(3,4)5)17-11-13-27-64-54(79)19-15-29-89-45-24-21-40-32-50(66-36-44(78)37-75)53(33-41(40)31-45)90-30-16-20-55(80)65-28-14-12-18-49(70-61(86)92-63(6,7)8)59(84)74-72-57(82)47-35-43(68-39(2)77)23-26-52(47)88-10/h21-26,31-35,44,48-49,66,75,78H,11-20,27-30,36-37H2,1-10H3,(H,64,79)(H,65,80)(H,67,76)(H,68,77)(H,69,85)(H,70,86)(H,71,81)(H,72,82)(H,73,83)(H,74,84)/t44?,48-,49-/m0/s1. The number of hydrazine groups is 2. The van der Waals surface area contributed by atoms with Crippen molar-refractivity contribution in [1.82, 2.24) is 43.0 Å². The summed E-state index contributed by atoms with van der Waals surface area (Å²) in [7, 11) is 2.71. The average Bonchev–Trinajstić information content (AvgIpc) is 0.853. The molecular weight excluding hydrogens is 1200 g/mol. The number of alkyl carbamates (subject to hydrolysis) is 2. The number of hydrogen-bond acceptors (Lipinski definition) is 19. The molecule has 0 fully saturated rings. The molecule has 4 aromatic carbocycles. The second-order valence-corrected chi connectivity index (χ2v) is 23.1. The maximum absolute atomic E-state index is 13.3. The van der Waals surface area contributed by atoms with Gasteiger partial charge in [-0.25, -0.2) is 9.59 Å². The number of methoxy groups -OCH3 is 2. The van der Waals surface area contributed by atoms with Crippen molar-refractivity contribution in [3.63, 3.8) is 0 Å². The highest BCUT2D eigenvalue weighted by atomic mass is 16.6. The zero-order chi connectivity index (χ0) is 68.0. The fourth-order valence-electron chi connectivity index (χ4n) is 8.63. The van der Waals surface area contributed by atoms with Crippen LogP contribution in [0.2, 0.25) is 0 Å². The minimum atomic E-state index is -1.14. The summed E-state index contributed by atoms with van der Waals surface area (Å²) in [6.07, 6.45) is 0.0665. The minimum Gasteiger partial charge on any atom is -0.496 e. The van der Waals surface area contributed by atoms with E-state index in [9.17, 15) is 58.2 Å². The first-order valence-electron chi connectivity index (χ1n) is 30.1. The Morgan fingerprint density at radius 1 is 0.522 bits per heavy atom. The number of amides is 10. The summed E-state index contributed by atoms with van der Waals surface area (Å²) >= 11 is 0. The smallest absolute Gasteiger partial charge is 0.408 e. The predicted molar refractivity (Wildman–Crippen MR) is 341 cm³/mol. The molecule has 92 heavy (non-hydrogen) atoms. The molecule has 504 valence electrons. The summed E-state index contributed by atoms with van der Waals surface area (Å²) in [6.45, 7) is 13.0. The van der Waals surface area contributed by atoms with Gasteiger partial charge in [-0.3, -0.25) is 60.1 Å². The molecule has 0 aliphatic carbocycles. The molecule has 0 radical (unpaired) electrons. The van der Waals surface area contributed by atoms with E-state index in [2.05, 4.69) is 58.9 Å². The topological polar surface area (TPSA) is 399 Å². The molecule has 29 nitrogen and oxygen atoms in total. The molecule has 3 atom stereocenters. The molecule has 4 aromatic rings. The van der Waals surface area contributed by atoms with Crippen LogP contribution >= 0.6 is 0 Å². The number of anilines is 3. The van der Waals surface area contributed by atoms with E-state index in [4.69, 9.17) is 28.4 Å². The van der Waals surface area contributed by atoms with E-state index in [-0.39, 0.29) is 105 Å². The molecule has 0 aliphatic heterocycles. The number of hydrogen-bond donors (Lipinski definition) is 13. The van der Waals surface area contributed by atoms with Crippen LogP contribution in [-0.4, -0.2) is 153 Å². The average molecular weight is 1290 g/mol. The van der Waals surface area contributed by atoms with E-state index in [0.29, 0.717) is 67.1 Å². The van der Waals surface area contributed by atoms with Gasteiger partial charge in [0.25, 0.3) is 23.6 Å². The number of fused-ring (bicyclic) bond motifs is 1. The lowest BCUT2D eigenvalue weighted by Crippen LogP contribution is -2.53. The highest BCUT2D eigenvalue weighted by Crippen LogP contribution is 2.33. The van der Waals surface area contributed by atoms with E-state index in [1.54, 1.807) is 65.8 Å². The van der Waals surface area contributed by atoms with Crippen LogP contribution in [0.1, 0.15) is 140 Å². The lowest BCUT2D eigenvalue weighted by atomic mass is 10.1. The van der Waals surface area contributed by atoms with Crippen molar-refractivity contribution < 1.29 is 86.6 Å². The Kier molecular flexibility index (Phi) is 30.5. The van der Waals surface area contributed by atoms with E-state index < -0.39 is 71.8 Å². The summed E-state index contributed by atoms with van der Waals surface area (Å²) in [5, 5.41) is 40.1. The van der Waals surface area contributed by atoms with Crippen molar-refractivity contribution in [2.75, 3.05) is 69.6 Å². The van der Waals surface area contributed by atoms with Crippen molar-refractivity contribution in [3.05, 3.63) is 77.9 Å². The normalized spacial score (nSPS) is 12.0. The van der Waals surface area contributed by atoms with E-state index in [1.807, 2.05) is 18.2 Å². The van der Waals surface area contributed by atoms with E-state index in [1.165, 1.54) is 52.3 Å². The third-order valence-corrected chi connectivity index (χ3v) is 12.9. The molecule has 0 bridgehead atoms. The molecule has 0 aliphatic rings. The first-order valence-corrected chi connectivity index (χ1v) is 30.1. The second kappa shape index (κ2) is 37.5. The van der Waals surface area contributed by atoms with Crippen molar-refractivity contribution >= 4 is 87.3 Å². The van der Waals surface area contributed by atoms with Crippen LogP contribution in [0.4, 0.5) is 26.7 Å². The summed E-state index contributed by atoms with van der Waals surface area (Å²) in [5.41, 5.74) is 8.79. The van der Waals surface area contributed by atoms with Gasteiger partial charge in [0.15, 0.2) is 0 Å². The number of ether oxygens (including phenoxy) is 6. The third-order valence-electron chi connectivity index (χ3n) is 12.9. The number of aliphatic hydroxyl groups is 2. The van der Waals surface area contributed by atoms with Crippen LogP contribution in [0.15, 0.2) is 66.7 Å². The Hall–Kier alpha value is -9.64. The molecule has 29 heteroatoms. The fraction of sp³-hybridized carbons (Fsp3) is 0.492. The van der Waals surface area contributed by atoms with Crippen LogP contribution in [0.5, 0.6) is 23.0 Å². The number of carbonyl (C=O) groups is 10. The minimum absolute atomic E-state index is 0.0172. The molecule has 4 rings (SSSR count). The van der Waals surface area contributed by atoms with Gasteiger partial charge >= 0.3 is 12.2 Å². The highest BCUT2D eigenvalue weighted by molar-refractivity contribution is 6.02. The van der Waals surface area contributed by atoms with Crippen molar-refractivity contribution in [3.8, 4) is 23.0 Å². The Morgan fingerprint density at radius 2 is 0.989 bits per heavy atom. The van der Waals surface area contributed by atoms with Crippen molar-refractivity contribution in [1.29, 1.82) is 0 Å². The number of aliphatic hydroxyl groups excluding tert-OH is 2. The summed E-state index contributed by atoms with van der Waals surface area (Å²) < 4.78 is 33.4. The number of benzene rings is 4.